The maximum atomic E-state index is 10.8. The summed E-state index contributed by atoms with van der Waals surface area (Å²) in [6, 6.07) is 4.90. The molecule has 3 nitrogen and oxygen atoms in total. The summed E-state index contributed by atoms with van der Waals surface area (Å²) in [4.78, 5) is 0. The summed E-state index contributed by atoms with van der Waals surface area (Å²) in [6.45, 7) is 0.151. The molecule has 0 bridgehead atoms. The van der Waals surface area contributed by atoms with Crippen molar-refractivity contribution in [3.05, 3.63) is 33.8 Å². The van der Waals surface area contributed by atoms with Crippen LogP contribution in [0.3, 0.4) is 0 Å². The van der Waals surface area contributed by atoms with Gasteiger partial charge in [0.25, 0.3) is 0 Å². The van der Waals surface area contributed by atoms with E-state index in [1.807, 2.05) is 0 Å². The molecule has 0 amide bonds. The summed E-state index contributed by atoms with van der Waals surface area (Å²) in [5.41, 5.74) is 0.657. The molecule has 6 heteroatoms. The molecule has 0 saturated heterocycles. The molecule has 1 rings (SSSR count). The van der Waals surface area contributed by atoms with Gasteiger partial charge in [-0.1, -0.05) is 23.2 Å². The second-order valence-electron chi connectivity index (χ2n) is 2.83. The van der Waals surface area contributed by atoms with Gasteiger partial charge >= 0.3 is 0 Å². The Balaban J connectivity index is 2.81. The molecule has 1 aromatic carbocycles. The third kappa shape index (κ3) is 3.84. The van der Waals surface area contributed by atoms with Crippen molar-refractivity contribution in [1.29, 1.82) is 0 Å². The van der Waals surface area contributed by atoms with Crippen LogP contribution < -0.4 is 4.72 Å². The van der Waals surface area contributed by atoms with Crippen LogP contribution in [0.2, 0.25) is 10.0 Å². The summed E-state index contributed by atoms with van der Waals surface area (Å²) >= 11 is 11.6. The predicted molar refractivity (Wildman–Crippen MR) is 58.1 cm³/mol. The summed E-state index contributed by atoms with van der Waals surface area (Å²) in [5.74, 6) is 0. The fraction of sp³-hybridized carbons (Fsp3) is 0.250. The first-order valence-corrected chi connectivity index (χ1v) is 6.42. The molecule has 0 atom stereocenters. The minimum atomic E-state index is -3.20. The lowest BCUT2D eigenvalue weighted by atomic mass is 10.2. The van der Waals surface area contributed by atoms with Crippen molar-refractivity contribution < 1.29 is 8.42 Å². The first-order valence-electron chi connectivity index (χ1n) is 3.77. The van der Waals surface area contributed by atoms with E-state index < -0.39 is 10.0 Å². The van der Waals surface area contributed by atoms with Crippen LogP contribution in [0.4, 0.5) is 0 Å². The van der Waals surface area contributed by atoms with Gasteiger partial charge in [-0.3, -0.25) is 0 Å². The largest absolute Gasteiger partial charge is 0.213 e. The summed E-state index contributed by atoms with van der Waals surface area (Å²) in [7, 11) is -3.20. The SMILES string of the molecule is CS(=O)(=O)NCc1cc(Cl)ccc1Cl. The number of hydrogen-bond acceptors (Lipinski definition) is 2. The zero-order chi connectivity index (χ0) is 10.8. The molecule has 1 aromatic rings. The Bertz CT molecular complexity index is 431. The lowest BCUT2D eigenvalue weighted by Gasteiger charge is -2.05. The summed E-state index contributed by atoms with van der Waals surface area (Å²) in [5, 5.41) is 1.02. The summed E-state index contributed by atoms with van der Waals surface area (Å²) < 4.78 is 24.0. The van der Waals surface area contributed by atoms with Gasteiger partial charge in [0.1, 0.15) is 0 Å². The van der Waals surface area contributed by atoms with Gasteiger partial charge in [-0.15, -0.1) is 0 Å². The molecule has 0 saturated carbocycles. The van der Waals surface area contributed by atoms with Crippen molar-refractivity contribution in [3.63, 3.8) is 0 Å². The highest BCUT2D eigenvalue weighted by atomic mass is 35.5. The van der Waals surface area contributed by atoms with E-state index in [2.05, 4.69) is 4.72 Å². The summed E-state index contributed by atoms with van der Waals surface area (Å²) in [6.07, 6.45) is 1.09. The van der Waals surface area contributed by atoms with E-state index in [9.17, 15) is 8.42 Å². The Morgan fingerprint density at radius 2 is 2.00 bits per heavy atom. The molecule has 0 unspecified atom stereocenters. The van der Waals surface area contributed by atoms with E-state index in [1.54, 1.807) is 18.2 Å². The Morgan fingerprint density at radius 3 is 2.57 bits per heavy atom. The van der Waals surface area contributed by atoms with Crippen molar-refractivity contribution in [1.82, 2.24) is 4.72 Å². The maximum absolute atomic E-state index is 10.8. The normalized spacial score (nSPS) is 11.6. The Morgan fingerprint density at radius 1 is 1.36 bits per heavy atom. The number of rotatable bonds is 3. The van der Waals surface area contributed by atoms with Crippen molar-refractivity contribution in [2.75, 3.05) is 6.26 Å². The van der Waals surface area contributed by atoms with Gasteiger partial charge in [0.2, 0.25) is 10.0 Å². The number of halogens is 2. The number of hydrogen-bond donors (Lipinski definition) is 1. The second kappa shape index (κ2) is 4.49. The Kier molecular flexibility index (Phi) is 3.78. The van der Waals surface area contributed by atoms with Crippen LogP contribution in [-0.2, 0) is 16.6 Å². The van der Waals surface area contributed by atoms with E-state index >= 15 is 0 Å². The minimum Gasteiger partial charge on any atom is -0.213 e. The monoisotopic (exact) mass is 253 g/mol. The fourth-order valence-corrected chi connectivity index (χ4v) is 1.68. The molecule has 1 N–H and O–H groups in total. The highest BCUT2D eigenvalue weighted by Crippen LogP contribution is 2.20. The molecule has 0 aliphatic rings. The van der Waals surface area contributed by atoms with Crippen LogP contribution in [0.5, 0.6) is 0 Å². The average Bonchev–Trinajstić information content (AvgIpc) is 2.05. The van der Waals surface area contributed by atoms with Crippen molar-refractivity contribution >= 4 is 33.2 Å². The predicted octanol–water partition coefficient (Wildman–Crippen LogP) is 2.04. The molecule has 78 valence electrons. The molecular formula is C8H9Cl2NO2S. The lowest BCUT2D eigenvalue weighted by molar-refractivity contribution is 0.587. The van der Waals surface area contributed by atoms with Crippen LogP contribution in [0.15, 0.2) is 18.2 Å². The van der Waals surface area contributed by atoms with E-state index in [-0.39, 0.29) is 6.54 Å². The van der Waals surface area contributed by atoms with Gasteiger partial charge in [0.05, 0.1) is 6.26 Å². The standard InChI is InChI=1S/C8H9Cl2NO2S/c1-14(12,13)11-5-6-4-7(9)2-3-8(6)10/h2-4,11H,5H2,1H3. The van der Waals surface area contributed by atoms with Crippen LogP contribution in [-0.4, -0.2) is 14.7 Å². The van der Waals surface area contributed by atoms with Crippen molar-refractivity contribution in [3.8, 4) is 0 Å². The third-order valence-electron chi connectivity index (χ3n) is 1.53. The molecular weight excluding hydrogens is 245 g/mol. The van der Waals surface area contributed by atoms with Crippen molar-refractivity contribution in [2.24, 2.45) is 0 Å². The first kappa shape index (κ1) is 11.8. The molecule has 0 aliphatic heterocycles. The maximum Gasteiger partial charge on any atom is 0.209 e. The van der Waals surface area contributed by atoms with E-state index in [0.29, 0.717) is 15.6 Å². The van der Waals surface area contributed by atoms with E-state index in [4.69, 9.17) is 23.2 Å². The van der Waals surface area contributed by atoms with Gasteiger partial charge in [-0.05, 0) is 23.8 Å². The Labute approximate surface area is 93.1 Å². The molecule has 0 aromatic heterocycles. The number of sulfonamides is 1. The lowest BCUT2D eigenvalue weighted by Crippen LogP contribution is -2.21. The minimum absolute atomic E-state index is 0.151. The zero-order valence-corrected chi connectivity index (χ0v) is 9.75. The molecule has 14 heavy (non-hydrogen) atoms. The number of benzene rings is 1. The van der Waals surface area contributed by atoms with Gasteiger partial charge in [0, 0.05) is 16.6 Å². The van der Waals surface area contributed by atoms with Crippen LogP contribution in [0, 0.1) is 0 Å². The quantitative estimate of drug-likeness (QED) is 0.897. The zero-order valence-electron chi connectivity index (χ0n) is 7.42. The molecule has 0 aliphatic carbocycles. The second-order valence-corrected chi connectivity index (χ2v) is 5.51. The van der Waals surface area contributed by atoms with Gasteiger partial charge < -0.3 is 0 Å². The fourth-order valence-electron chi connectivity index (χ4n) is 0.888. The van der Waals surface area contributed by atoms with Crippen LogP contribution in [0.25, 0.3) is 0 Å². The highest BCUT2D eigenvalue weighted by molar-refractivity contribution is 7.88. The molecule has 0 fully saturated rings. The van der Waals surface area contributed by atoms with Gasteiger partial charge in [-0.2, -0.15) is 0 Å². The average molecular weight is 254 g/mol. The molecule has 0 spiro atoms. The topological polar surface area (TPSA) is 46.2 Å². The first-order chi connectivity index (χ1) is 6.38. The van der Waals surface area contributed by atoms with Gasteiger partial charge in [0.15, 0.2) is 0 Å². The molecule has 0 heterocycles. The van der Waals surface area contributed by atoms with Gasteiger partial charge in [-0.25, -0.2) is 13.1 Å². The van der Waals surface area contributed by atoms with Crippen LogP contribution >= 0.6 is 23.2 Å². The smallest absolute Gasteiger partial charge is 0.209 e. The third-order valence-corrected chi connectivity index (χ3v) is 2.81. The Hall–Kier alpha value is -0.290. The van der Waals surface area contributed by atoms with Crippen molar-refractivity contribution in [2.45, 2.75) is 6.54 Å². The van der Waals surface area contributed by atoms with Crippen LogP contribution in [0.1, 0.15) is 5.56 Å². The molecule has 0 radical (unpaired) electrons. The van der Waals surface area contributed by atoms with E-state index in [0.717, 1.165) is 6.26 Å². The highest BCUT2D eigenvalue weighted by Gasteiger charge is 2.04. The van der Waals surface area contributed by atoms with E-state index in [1.165, 1.54) is 0 Å². The number of nitrogens with one attached hydrogen (secondary N) is 1.